The van der Waals surface area contributed by atoms with Gasteiger partial charge in [-0.2, -0.15) is 0 Å². The molecule has 8 rings (SSSR count). The molecule has 2 bridgehead atoms. The van der Waals surface area contributed by atoms with Crippen LogP contribution in [0.5, 0.6) is 0 Å². The molecular weight excluding hydrogens is 410 g/mol. The quantitative estimate of drug-likeness (QED) is 0.324. The summed E-state index contributed by atoms with van der Waals surface area (Å²) in [5.41, 5.74) is 7.00. The van der Waals surface area contributed by atoms with E-state index in [1.54, 1.807) is 0 Å². The maximum atomic E-state index is 6.65. The van der Waals surface area contributed by atoms with Gasteiger partial charge in [0.1, 0.15) is 22.4 Å². The van der Waals surface area contributed by atoms with Gasteiger partial charge < -0.3 is 19.2 Å². The molecule has 2 atom stereocenters. The van der Waals surface area contributed by atoms with Crippen LogP contribution in [0.4, 0.5) is 0 Å². The molecule has 2 aromatic heterocycles. The van der Waals surface area contributed by atoms with Crippen LogP contribution in [0.25, 0.3) is 43.6 Å². The van der Waals surface area contributed by atoms with E-state index >= 15 is 0 Å². The Morgan fingerprint density at radius 1 is 0.733 bits per heavy atom. The average Bonchev–Trinajstić information content (AvgIpc) is 3.46. The molecule has 0 unspecified atom stereocenters. The number of benzene rings is 3. The minimum absolute atomic E-state index is 0.0344. The highest BCUT2D eigenvalue weighted by atomic mass is 32.1. The standard InChI is InChI=1S/C24H15N3OS2/c29-23-19-17-11-5-1-3-7-13(11)26-15-9-10-16(28-15)27-14-8-4-2-6-12(14)18(22(27)21(17)26)20(19)24(30)25-23/h1-8,15-16H,9-10H2,(H,25,29,30)/t15-,16+. The van der Waals surface area contributed by atoms with E-state index in [2.05, 4.69) is 63.0 Å². The number of nitrogens with one attached hydrogen (secondary N) is 1. The van der Waals surface area contributed by atoms with Crippen LogP contribution in [-0.2, 0) is 4.74 Å². The van der Waals surface area contributed by atoms with Crippen LogP contribution in [-0.4, -0.2) is 19.1 Å². The highest BCUT2D eigenvalue weighted by Crippen LogP contribution is 2.52. The smallest absolute Gasteiger partial charge is 0.137 e. The fourth-order valence-corrected chi connectivity index (χ4v) is 6.69. The van der Waals surface area contributed by atoms with Crippen molar-refractivity contribution in [3.8, 4) is 0 Å². The number of hydrogen-bond acceptors (Lipinski definition) is 3. The van der Waals surface area contributed by atoms with Crippen molar-refractivity contribution in [3.63, 3.8) is 0 Å². The fourth-order valence-electron chi connectivity index (χ4n) is 6.01. The molecule has 0 radical (unpaired) electrons. The minimum atomic E-state index is 0.0344. The van der Waals surface area contributed by atoms with Crippen molar-refractivity contribution in [1.29, 1.82) is 0 Å². The van der Waals surface area contributed by atoms with Crippen LogP contribution in [0.2, 0.25) is 0 Å². The van der Waals surface area contributed by atoms with Crippen LogP contribution in [0.1, 0.15) is 36.4 Å². The zero-order valence-electron chi connectivity index (χ0n) is 15.8. The Bertz CT molecular complexity index is 1540. The Labute approximate surface area is 182 Å². The van der Waals surface area contributed by atoms with Gasteiger partial charge in [0.05, 0.1) is 22.1 Å². The average molecular weight is 426 g/mol. The summed E-state index contributed by atoms with van der Waals surface area (Å²) in [7, 11) is 0. The molecule has 1 N–H and O–H groups in total. The lowest BCUT2D eigenvalue weighted by molar-refractivity contribution is -0.0229. The summed E-state index contributed by atoms with van der Waals surface area (Å²) in [6.45, 7) is 0. The summed E-state index contributed by atoms with van der Waals surface area (Å²) >= 11 is 11.6. The highest BCUT2D eigenvalue weighted by Gasteiger charge is 2.40. The van der Waals surface area contributed by atoms with Crippen LogP contribution < -0.4 is 5.32 Å². The summed E-state index contributed by atoms with van der Waals surface area (Å²) in [5, 5.41) is 8.13. The molecule has 3 aliphatic rings. The van der Waals surface area contributed by atoms with Crippen molar-refractivity contribution in [1.82, 2.24) is 14.5 Å². The minimum Gasteiger partial charge on any atom is -0.337 e. The van der Waals surface area contributed by atoms with Gasteiger partial charge in [-0.25, -0.2) is 0 Å². The Hall–Kier alpha value is -2.80. The predicted octanol–water partition coefficient (Wildman–Crippen LogP) is 5.68. The molecule has 3 aliphatic heterocycles. The van der Waals surface area contributed by atoms with Crippen molar-refractivity contribution < 1.29 is 4.74 Å². The van der Waals surface area contributed by atoms with Gasteiger partial charge >= 0.3 is 0 Å². The number of thiocarbonyl (C=S) groups is 2. The first-order chi connectivity index (χ1) is 14.7. The third-order valence-corrected chi connectivity index (χ3v) is 7.64. The van der Waals surface area contributed by atoms with Crippen LogP contribution in [0, 0.1) is 0 Å². The van der Waals surface area contributed by atoms with Crippen LogP contribution in [0.15, 0.2) is 48.5 Å². The molecule has 3 aromatic carbocycles. The van der Waals surface area contributed by atoms with E-state index in [0.717, 1.165) is 33.9 Å². The molecule has 0 spiro atoms. The largest absolute Gasteiger partial charge is 0.337 e. The van der Waals surface area contributed by atoms with E-state index in [0.29, 0.717) is 0 Å². The Morgan fingerprint density at radius 2 is 1.20 bits per heavy atom. The first-order valence-corrected chi connectivity index (χ1v) is 11.1. The third-order valence-electron chi connectivity index (χ3n) is 7.03. The highest BCUT2D eigenvalue weighted by molar-refractivity contribution is 7.83. The third kappa shape index (κ3) is 1.59. The number of para-hydroxylation sites is 2. The lowest BCUT2D eigenvalue weighted by Gasteiger charge is -2.15. The predicted molar refractivity (Wildman–Crippen MR) is 127 cm³/mol. The lowest BCUT2D eigenvalue weighted by atomic mass is 9.97. The molecule has 5 aromatic rings. The van der Waals surface area contributed by atoms with Gasteiger partial charge in [-0.3, -0.25) is 0 Å². The Balaban J connectivity index is 1.83. The van der Waals surface area contributed by atoms with E-state index in [1.165, 1.54) is 43.6 Å². The molecule has 144 valence electrons. The van der Waals surface area contributed by atoms with E-state index in [4.69, 9.17) is 29.2 Å². The van der Waals surface area contributed by atoms with Crippen molar-refractivity contribution >= 4 is 78.0 Å². The van der Waals surface area contributed by atoms with Gasteiger partial charge in [-0.05, 0) is 25.0 Å². The van der Waals surface area contributed by atoms with Gasteiger partial charge in [0, 0.05) is 32.7 Å². The number of ether oxygens (including phenoxy) is 1. The maximum Gasteiger partial charge on any atom is 0.137 e. The van der Waals surface area contributed by atoms with Crippen LogP contribution >= 0.6 is 24.4 Å². The second-order valence-electron chi connectivity index (χ2n) is 8.38. The molecule has 1 saturated heterocycles. The number of nitrogens with zero attached hydrogens (tertiary/aromatic N) is 2. The van der Waals surface area contributed by atoms with E-state index in [-0.39, 0.29) is 12.5 Å². The molecule has 1 fully saturated rings. The molecule has 30 heavy (non-hydrogen) atoms. The number of hydrogen-bond donors (Lipinski definition) is 1. The molecule has 4 nitrogen and oxygen atoms in total. The number of aromatic nitrogens is 2. The lowest BCUT2D eigenvalue weighted by Crippen LogP contribution is -2.18. The Morgan fingerprint density at radius 3 is 1.70 bits per heavy atom. The van der Waals surface area contributed by atoms with Crippen molar-refractivity contribution in [2.24, 2.45) is 0 Å². The second-order valence-corrected chi connectivity index (χ2v) is 9.19. The first-order valence-electron chi connectivity index (χ1n) is 10.3. The molecule has 0 saturated carbocycles. The summed E-state index contributed by atoms with van der Waals surface area (Å²) in [5.74, 6) is 0. The summed E-state index contributed by atoms with van der Waals surface area (Å²) < 4.78 is 11.5. The fraction of sp³-hybridized carbons (Fsp3) is 0.167. The molecule has 0 amide bonds. The maximum absolute atomic E-state index is 6.65. The normalized spacial score (nSPS) is 22.0. The van der Waals surface area contributed by atoms with Crippen molar-refractivity contribution in [2.45, 2.75) is 25.3 Å². The van der Waals surface area contributed by atoms with E-state index in [9.17, 15) is 0 Å². The van der Waals surface area contributed by atoms with Crippen molar-refractivity contribution in [2.75, 3.05) is 0 Å². The topological polar surface area (TPSA) is 31.1 Å². The van der Waals surface area contributed by atoms with E-state index < -0.39 is 0 Å². The molecule has 6 heteroatoms. The summed E-state index contributed by atoms with van der Waals surface area (Å²) in [6, 6.07) is 17.2. The summed E-state index contributed by atoms with van der Waals surface area (Å²) in [6.07, 6.45) is 2.08. The second kappa shape index (κ2) is 5.09. The molecule has 5 heterocycles. The SMILES string of the molecule is S=C1NC(=S)c2c1c1c3ccccc3n3c1c1c2c2ccccc2n1[C@H]1CC[C@@H]3O1. The zero-order chi connectivity index (χ0) is 19.7. The molecular formula is C24H15N3OS2. The van der Waals surface area contributed by atoms with Gasteiger partial charge in [0.2, 0.25) is 0 Å². The van der Waals surface area contributed by atoms with Gasteiger partial charge in [0.25, 0.3) is 0 Å². The van der Waals surface area contributed by atoms with Gasteiger partial charge in [0.15, 0.2) is 0 Å². The number of rotatable bonds is 0. The molecule has 0 aliphatic carbocycles. The summed E-state index contributed by atoms with van der Waals surface area (Å²) in [4.78, 5) is 1.46. The van der Waals surface area contributed by atoms with E-state index in [1.807, 2.05) is 0 Å². The Kier molecular flexibility index (Phi) is 2.71. The first kappa shape index (κ1) is 16.0. The van der Waals surface area contributed by atoms with Gasteiger partial charge in [-0.15, -0.1) is 0 Å². The monoisotopic (exact) mass is 425 g/mol. The zero-order valence-corrected chi connectivity index (χ0v) is 17.4. The number of fused-ring (bicyclic) bond motifs is 13. The van der Waals surface area contributed by atoms with Gasteiger partial charge in [-0.1, -0.05) is 60.8 Å². The van der Waals surface area contributed by atoms with Crippen molar-refractivity contribution in [3.05, 3.63) is 59.7 Å². The van der Waals surface area contributed by atoms with Crippen LogP contribution in [0.3, 0.4) is 0 Å².